The number of aromatic nitrogens is 4. The van der Waals surface area contributed by atoms with Crippen molar-refractivity contribution in [1.29, 1.82) is 0 Å². The van der Waals surface area contributed by atoms with Crippen LogP contribution in [0.2, 0.25) is 0 Å². The Morgan fingerprint density at radius 3 is 2.81 bits per heavy atom. The van der Waals surface area contributed by atoms with Crippen molar-refractivity contribution < 1.29 is 14.6 Å². The van der Waals surface area contributed by atoms with E-state index in [4.69, 9.17) is 14.5 Å². The van der Waals surface area contributed by atoms with Gasteiger partial charge in [-0.3, -0.25) is 4.68 Å². The Kier molecular flexibility index (Phi) is 3.58. The van der Waals surface area contributed by atoms with Crippen LogP contribution in [0.1, 0.15) is 25.8 Å². The Morgan fingerprint density at radius 2 is 2.11 bits per heavy atom. The van der Waals surface area contributed by atoms with Crippen molar-refractivity contribution in [2.75, 3.05) is 25.1 Å². The fraction of sp³-hybridized carbons (Fsp3) is 0.474. The molecule has 0 aliphatic carbocycles. The zero-order valence-corrected chi connectivity index (χ0v) is 15.7. The molecule has 27 heavy (non-hydrogen) atoms. The van der Waals surface area contributed by atoms with Crippen molar-refractivity contribution in [3.8, 4) is 17.4 Å². The predicted octanol–water partition coefficient (Wildman–Crippen LogP) is 1.95. The molecule has 8 nitrogen and oxygen atoms in total. The van der Waals surface area contributed by atoms with Crippen molar-refractivity contribution >= 4 is 17.0 Å². The number of methoxy groups -OCH3 is 1. The molecule has 0 unspecified atom stereocenters. The zero-order chi connectivity index (χ0) is 18.7. The predicted molar refractivity (Wildman–Crippen MR) is 101 cm³/mol. The number of fused-ring (bicyclic) bond motifs is 6. The molecule has 1 aromatic carbocycles. The van der Waals surface area contributed by atoms with E-state index in [1.807, 2.05) is 26.0 Å². The number of hydrogen-bond acceptors (Lipinski definition) is 6. The van der Waals surface area contributed by atoms with Crippen LogP contribution in [-0.4, -0.2) is 56.8 Å². The average molecular weight is 369 g/mol. The van der Waals surface area contributed by atoms with E-state index in [2.05, 4.69) is 25.3 Å². The lowest BCUT2D eigenvalue weighted by molar-refractivity contribution is 0.198. The molecular formula is C19H23N5O3. The molecule has 3 aromatic rings. The largest absolute Gasteiger partial charge is 0.497 e. The third-order valence-electron chi connectivity index (χ3n) is 5.17. The summed E-state index contributed by atoms with van der Waals surface area (Å²) in [7, 11) is 1.67. The van der Waals surface area contributed by atoms with Crippen LogP contribution < -0.4 is 14.4 Å². The van der Waals surface area contributed by atoms with Crippen LogP contribution in [0.25, 0.3) is 16.9 Å². The van der Waals surface area contributed by atoms with Crippen molar-refractivity contribution in [1.82, 2.24) is 19.3 Å². The van der Waals surface area contributed by atoms with Gasteiger partial charge >= 0.3 is 6.01 Å². The molecule has 2 aromatic heterocycles. The van der Waals surface area contributed by atoms with Crippen molar-refractivity contribution in [3.63, 3.8) is 0 Å². The van der Waals surface area contributed by atoms with E-state index in [1.165, 1.54) is 5.56 Å². The highest BCUT2D eigenvalue weighted by Gasteiger charge is 2.33. The molecule has 0 radical (unpaired) electrons. The Labute approximate surface area is 156 Å². The van der Waals surface area contributed by atoms with Crippen molar-refractivity contribution in [2.24, 2.45) is 0 Å². The van der Waals surface area contributed by atoms with E-state index in [1.54, 1.807) is 7.11 Å². The maximum Gasteiger partial charge on any atom is 0.320 e. The summed E-state index contributed by atoms with van der Waals surface area (Å²) in [5.74, 6) is 1.64. The second-order valence-corrected chi connectivity index (χ2v) is 7.42. The molecule has 4 heterocycles. The molecule has 1 fully saturated rings. The molecule has 1 atom stereocenters. The summed E-state index contributed by atoms with van der Waals surface area (Å²) in [5, 5.41) is 10.0. The third-order valence-corrected chi connectivity index (χ3v) is 5.17. The Bertz CT molecular complexity index is 1020. The number of aliphatic hydroxyl groups excluding tert-OH is 1. The van der Waals surface area contributed by atoms with Crippen LogP contribution in [0.4, 0.5) is 5.82 Å². The van der Waals surface area contributed by atoms with Gasteiger partial charge in [0.25, 0.3) is 0 Å². The van der Waals surface area contributed by atoms with E-state index in [-0.39, 0.29) is 12.2 Å². The van der Waals surface area contributed by atoms with Gasteiger partial charge in [-0.2, -0.15) is 9.97 Å². The molecule has 1 N–H and O–H groups in total. The summed E-state index contributed by atoms with van der Waals surface area (Å²) >= 11 is 0. The van der Waals surface area contributed by atoms with Gasteiger partial charge in [-0.1, -0.05) is 6.07 Å². The quantitative estimate of drug-likeness (QED) is 0.592. The molecule has 1 saturated heterocycles. The molecule has 2 aliphatic heterocycles. The van der Waals surface area contributed by atoms with Gasteiger partial charge < -0.3 is 19.5 Å². The minimum Gasteiger partial charge on any atom is -0.497 e. The average Bonchev–Trinajstić information content (AvgIpc) is 3.20. The molecular weight excluding hydrogens is 346 g/mol. The number of anilines is 1. The monoisotopic (exact) mass is 369 g/mol. The molecule has 0 bridgehead atoms. The number of ether oxygens (including phenoxy) is 2. The number of hydrogen-bond donors (Lipinski definition) is 1. The molecule has 5 rings (SSSR count). The molecule has 142 valence electrons. The second-order valence-electron chi connectivity index (χ2n) is 7.42. The van der Waals surface area contributed by atoms with E-state index in [0.29, 0.717) is 12.6 Å². The summed E-state index contributed by atoms with van der Waals surface area (Å²) in [6, 6.07) is 6.49. The van der Waals surface area contributed by atoms with Gasteiger partial charge in [0.15, 0.2) is 17.0 Å². The Hall–Kier alpha value is -2.74. The first-order valence-corrected chi connectivity index (χ1v) is 9.31. The van der Waals surface area contributed by atoms with E-state index in [9.17, 15) is 5.11 Å². The minimum atomic E-state index is -0.327. The van der Waals surface area contributed by atoms with Gasteiger partial charge in [0.1, 0.15) is 5.75 Å². The number of β-amino-alcohol motifs (C(OH)–C–C–N with tert-alkyl or cyclic N) is 1. The smallest absolute Gasteiger partial charge is 0.320 e. The maximum absolute atomic E-state index is 10.0. The van der Waals surface area contributed by atoms with Gasteiger partial charge in [-0.05, 0) is 31.9 Å². The van der Waals surface area contributed by atoms with Crippen LogP contribution in [0.3, 0.4) is 0 Å². The molecule has 8 heteroatoms. The molecule has 2 aliphatic rings. The standard InChI is InChI=1S/C19H23N5O3/c1-11(2)27-19-20-17(22-7-6-13(25)10-22)16-18(21-19)23-9-12-4-5-14(26-3)8-15(12)24(16)23/h4-5,8,11,13,25H,6-7,9-10H2,1-3H3/t13-/m0/s1. The summed E-state index contributed by atoms with van der Waals surface area (Å²) in [6.45, 7) is 6.03. The summed E-state index contributed by atoms with van der Waals surface area (Å²) in [6.07, 6.45) is 0.413. The van der Waals surface area contributed by atoms with Gasteiger partial charge in [0, 0.05) is 19.2 Å². The molecule has 0 spiro atoms. The number of rotatable bonds is 4. The fourth-order valence-corrected chi connectivity index (χ4v) is 3.93. The number of aliphatic hydroxyl groups is 1. The van der Waals surface area contributed by atoms with E-state index < -0.39 is 0 Å². The van der Waals surface area contributed by atoms with E-state index in [0.717, 1.165) is 47.9 Å². The van der Waals surface area contributed by atoms with Crippen molar-refractivity contribution in [3.05, 3.63) is 23.8 Å². The van der Waals surface area contributed by atoms with Gasteiger partial charge in [0.2, 0.25) is 0 Å². The molecule has 0 saturated carbocycles. The van der Waals surface area contributed by atoms with E-state index >= 15 is 0 Å². The summed E-state index contributed by atoms with van der Waals surface area (Å²) in [5.41, 5.74) is 4.14. The highest BCUT2D eigenvalue weighted by atomic mass is 16.5. The van der Waals surface area contributed by atoms with Crippen molar-refractivity contribution in [2.45, 2.75) is 39.0 Å². The Morgan fingerprint density at radius 1 is 1.26 bits per heavy atom. The second kappa shape index (κ2) is 5.88. The lowest BCUT2D eigenvalue weighted by Gasteiger charge is -2.26. The van der Waals surface area contributed by atoms with Crippen LogP contribution in [0, 0.1) is 0 Å². The zero-order valence-electron chi connectivity index (χ0n) is 15.7. The minimum absolute atomic E-state index is 0.00344. The van der Waals surface area contributed by atoms with Gasteiger partial charge in [-0.15, -0.1) is 0 Å². The number of nitrogens with zero attached hydrogens (tertiary/aromatic N) is 5. The van der Waals surface area contributed by atoms with Gasteiger partial charge in [0.05, 0.1) is 31.5 Å². The maximum atomic E-state index is 10.0. The highest BCUT2D eigenvalue weighted by Crippen LogP contribution is 2.39. The third kappa shape index (κ3) is 2.47. The van der Waals surface area contributed by atoms with Crippen LogP contribution in [-0.2, 0) is 6.54 Å². The summed E-state index contributed by atoms with van der Waals surface area (Å²) < 4.78 is 15.5. The first-order valence-electron chi connectivity index (χ1n) is 9.31. The lowest BCUT2D eigenvalue weighted by atomic mass is 10.2. The van der Waals surface area contributed by atoms with Crippen LogP contribution >= 0.6 is 0 Å². The SMILES string of the molecule is COc1ccc2c(c1)-n1c3c(N4CC[C@H](O)C4)nc(OC(C)C)nc3n1C2. The normalized spacial score (nSPS) is 18.4. The first-order chi connectivity index (χ1) is 13.0. The highest BCUT2D eigenvalue weighted by molar-refractivity contribution is 5.90. The molecule has 0 amide bonds. The summed E-state index contributed by atoms with van der Waals surface area (Å²) in [4.78, 5) is 11.5. The van der Waals surface area contributed by atoms with Crippen LogP contribution in [0.5, 0.6) is 11.8 Å². The topological polar surface area (TPSA) is 77.6 Å². The van der Waals surface area contributed by atoms with Gasteiger partial charge in [-0.25, -0.2) is 4.68 Å². The fourth-order valence-electron chi connectivity index (χ4n) is 3.93. The number of benzene rings is 1. The Balaban J connectivity index is 1.68. The van der Waals surface area contributed by atoms with Crippen LogP contribution in [0.15, 0.2) is 18.2 Å². The lowest BCUT2D eigenvalue weighted by Crippen LogP contribution is -2.28. The first kappa shape index (κ1) is 16.4.